The van der Waals surface area contributed by atoms with Crippen LogP contribution in [0.2, 0.25) is 10.0 Å². The van der Waals surface area contributed by atoms with Crippen molar-refractivity contribution in [3.63, 3.8) is 0 Å². The van der Waals surface area contributed by atoms with Gasteiger partial charge in [0.15, 0.2) is 0 Å². The quantitative estimate of drug-likeness (QED) is 0.914. The van der Waals surface area contributed by atoms with Gasteiger partial charge in [-0.1, -0.05) is 48.3 Å². The lowest BCUT2D eigenvalue weighted by atomic mass is 10.0. The molecule has 0 aliphatic carbocycles. The van der Waals surface area contributed by atoms with Gasteiger partial charge in [-0.25, -0.2) is 4.39 Å². The van der Waals surface area contributed by atoms with Crippen LogP contribution in [0.4, 0.5) is 4.39 Å². The van der Waals surface area contributed by atoms with E-state index in [-0.39, 0.29) is 5.82 Å². The summed E-state index contributed by atoms with van der Waals surface area (Å²) in [5.74, 6) is -0.290. The lowest BCUT2D eigenvalue weighted by molar-refractivity contribution is 0.552. The molecular weight excluding hydrogens is 286 g/mol. The maximum absolute atomic E-state index is 13.9. The Morgan fingerprint density at radius 1 is 1.32 bits per heavy atom. The first-order valence-corrected chi connectivity index (χ1v) is 6.67. The number of aromatic nitrogens is 1. The average molecular weight is 299 g/mol. The van der Waals surface area contributed by atoms with Gasteiger partial charge in [0.2, 0.25) is 0 Å². The van der Waals surface area contributed by atoms with Crippen molar-refractivity contribution in [1.29, 1.82) is 0 Å². The highest BCUT2D eigenvalue weighted by Gasteiger charge is 2.20. The van der Waals surface area contributed by atoms with E-state index < -0.39 is 6.04 Å². The molecule has 0 amide bonds. The van der Waals surface area contributed by atoms with Gasteiger partial charge in [-0.3, -0.25) is 4.98 Å². The van der Waals surface area contributed by atoms with Crippen molar-refractivity contribution >= 4 is 23.2 Å². The molecule has 0 saturated carbocycles. The van der Waals surface area contributed by atoms with Crippen molar-refractivity contribution in [1.82, 2.24) is 10.3 Å². The Bertz CT molecular complexity index is 575. The Morgan fingerprint density at radius 2 is 2.05 bits per heavy atom. The molecule has 100 valence electrons. The highest BCUT2D eigenvalue weighted by atomic mass is 35.5. The first-order chi connectivity index (χ1) is 9.13. The second-order valence-electron chi connectivity index (χ2n) is 4.03. The van der Waals surface area contributed by atoms with Crippen LogP contribution < -0.4 is 5.32 Å². The molecule has 1 heterocycles. The maximum Gasteiger partial charge on any atom is 0.128 e. The molecule has 5 heteroatoms. The van der Waals surface area contributed by atoms with Gasteiger partial charge in [-0.05, 0) is 18.7 Å². The third-order valence-corrected chi connectivity index (χ3v) is 3.24. The molecule has 0 radical (unpaired) electrons. The van der Waals surface area contributed by atoms with Crippen LogP contribution in [0, 0.1) is 5.82 Å². The van der Waals surface area contributed by atoms with Gasteiger partial charge in [0, 0.05) is 11.8 Å². The predicted octanol–water partition coefficient (Wildman–Crippen LogP) is 4.23. The van der Waals surface area contributed by atoms with Crippen LogP contribution in [-0.4, -0.2) is 11.5 Å². The van der Waals surface area contributed by atoms with Gasteiger partial charge >= 0.3 is 0 Å². The Labute approximate surface area is 121 Å². The summed E-state index contributed by atoms with van der Waals surface area (Å²) in [6.07, 6.45) is 1.51. The second kappa shape index (κ2) is 6.33. The van der Waals surface area contributed by atoms with Crippen LogP contribution in [0.25, 0.3) is 0 Å². The summed E-state index contributed by atoms with van der Waals surface area (Å²) in [6.45, 7) is 2.61. The zero-order valence-electron chi connectivity index (χ0n) is 10.3. The van der Waals surface area contributed by atoms with Crippen LogP contribution in [0.3, 0.4) is 0 Å². The van der Waals surface area contributed by atoms with Gasteiger partial charge in [-0.2, -0.15) is 0 Å². The van der Waals surface area contributed by atoms with Crippen LogP contribution in [0.15, 0.2) is 36.5 Å². The summed E-state index contributed by atoms with van der Waals surface area (Å²) >= 11 is 12.0. The summed E-state index contributed by atoms with van der Waals surface area (Å²) in [5, 5.41) is 4.06. The molecule has 0 aliphatic rings. The van der Waals surface area contributed by atoms with Crippen LogP contribution in [0.5, 0.6) is 0 Å². The van der Waals surface area contributed by atoms with Crippen molar-refractivity contribution in [3.8, 4) is 0 Å². The maximum atomic E-state index is 13.9. The van der Waals surface area contributed by atoms with E-state index >= 15 is 0 Å². The van der Waals surface area contributed by atoms with E-state index in [0.29, 0.717) is 27.8 Å². The normalized spacial score (nSPS) is 12.4. The molecule has 1 aromatic carbocycles. The molecule has 1 unspecified atom stereocenters. The third kappa shape index (κ3) is 3.24. The van der Waals surface area contributed by atoms with Crippen molar-refractivity contribution in [2.75, 3.05) is 6.54 Å². The summed E-state index contributed by atoms with van der Waals surface area (Å²) in [7, 11) is 0. The molecule has 0 aliphatic heterocycles. The van der Waals surface area contributed by atoms with Gasteiger partial charge < -0.3 is 5.32 Å². The molecule has 19 heavy (non-hydrogen) atoms. The smallest absolute Gasteiger partial charge is 0.128 e. The number of nitrogens with one attached hydrogen (secondary N) is 1. The van der Waals surface area contributed by atoms with Gasteiger partial charge in [0.1, 0.15) is 5.82 Å². The van der Waals surface area contributed by atoms with E-state index in [1.165, 1.54) is 12.3 Å². The zero-order valence-corrected chi connectivity index (χ0v) is 11.8. The number of hydrogen-bond donors (Lipinski definition) is 1. The Morgan fingerprint density at radius 3 is 2.68 bits per heavy atom. The van der Waals surface area contributed by atoms with E-state index in [4.69, 9.17) is 23.2 Å². The minimum absolute atomic E-state index is 0.290. The minimum Gasteiger partial charge on any atom is -0.305 e. The first kappa shape index (κ1) is 14.3. The van der Waals surface area contributed by atoms with Gasteiger partial charge in [-0.15, -0.1) is 0 Å². The minimum atomic E-state index is -0.393. The summed E-state index contributed by atoms with van der Waals surface area (Å²) < 4.78 is 13.9. The highest BCUT2D eigenvalue weighted by molar-refractivity contribution is 6.34. The van der Waals surface area contributed by atoms with Crippen molar-refractivity contribution in [3.05, 3.63) is 63.6 Å². The molecule has 2 nitrogen and oxygen atoms in total. The molecule has 2 aromatic rings. The molecule has 2 rings (SSSR count). The van der Waals surface area contributed by atoms with Crippen LogP contribution >= 0.6 is 23.2 Å². The van der Waals surface area contributed by atoms with E-state index in [1.54, 1.807) is 24.3 Å². The molecule has 0 spiro atoms. The van der Waals surface area contributed by atoms with Crippen molar-refractivity contribution < 1.29 is 4.39 Å². The summed E-state index contributed by atoms with van der Waals surface area (Å²) in [6, 6.07) is 7.79. The first-order valence-electron chi connectivity index (χ1n) is 5.92. The third-order valence-electron chi connectivity index (χ3n) is 2.73. The average Bonchev–Trinajstić information content (AvgIpc) is 2.38. The fourth-order valence-corrected chi connectivity index (χ4v) is 2.39. The van der Waals surface area contributed by atoms with E-state index in [0.717, 1.165) is 0 Å². The van der Waals surface area contributed by atoms with Crippen LogP contribution in [0.1, 0.15) is 24.2 Å². The topological polar surface area (TPSA) is 24.9 Å². The van der Waals surface area contributed by atoms with Gasteiger partial charge in [0.05, 0.1) is 21.8 Å². The standard InChI is InChI=1S/C14H13Cl2FN2/c1-2-18-13(10-5-3-4-6-12(10)17)14-11(16)7-9(15)8-19-14/h3-8,13,18H,2H2,1H3. The van der Waals surface area contributed by atoms with E-state index in [1.807, 2.05) is 6.92 Å². The Balaban J connectivity index is 2.48. The number of halogens is 3. The molecular formula is C14H13Cl2FN2. The molecule has 0 fully saturated rings. The highest BCUT2D eigenvalue weighted by Crippen LogP contribution is 2.29. The largest absolute Gasteiger partial charge is 0.305 e. The Hall–Kier alpha value is -1.16. The number of rotatable bonds is 4. The molecule has 1 aromatic heterocycles. The van der Waals surface area contributed by atoms with Crippen LogP contribution in [-0.2, 0) is 0 Å². The van der Waals surface area contributed by atoms with E-state index in [2.05, 4.69) is 10.3 Å². The summed E-state index contributed by atoms with van der Waals surface area (Å²) in [4.78, 5) is 4.22. The zero-order chi connectivity index (χ0) is 13.8. The van der Waals surface area contributed by atoms with Crippen molar-refractivity contribution in [2.45, 2.75) is 13.0 Å². The number of pyridine rings is 1. The Kier molecular flexibility index (Phi) is 4.75. The fraction of sp³-hybridized carbons (Fsp3) is 0.214. The molecule has 1 atom stereocenters. The lowest BCUT2D eigenvalue weighted by Gasteiger charge is -2.19. The van der Waals surface area contributed by atoms with Gasteiger partial charge in [0.25, 0.3) is 0 Å². The molecule has 0 saturated heterocycles. The predicted molar refractivity (Wildman–Crippen MR) is 76.2 cm³/mol. The number of nitrogens with zero attached hydrogens (tertiary/aromatic N) is 1. The number of benzene rings is 1. The van der Waals surface area contributed by atoms with E-state index in [9.17, 15) is 4.39 Å². The molecule has 1 N–H and O–H groups in total. The number of hydrogen-bond acceptors (Lipinski definition) is 2. The van der Waals surface area contributed by atoms with Crippen molar-refractivity contribution in [2.24, 2.45) is 0 Å². The summed E-state index contributed by atoms with van der Waals surface area (Å²) in [5.41, 5.74) is 1.08. The second-order valence-corrected chi connectivity index (χ2v) is 4.88. The molecule has 0 bridgehead atoms. The fourth-order valence-electron chi connectivity index (χ4n) is 1.90. The SMILES string of the molecule is CCNC(c1ccccc1F)c1ncc(Cl)cc1Cl. The lowest BCUT2D eigenvalue weighted by Crippen LogP contribution is -2.24. The monoisotopic (exact) mass is 298 g/mol.